The Morgan fingerprint density at radius 2 is 1.84 bits per heavy atom. The SMILES string of the molecule is CN1CCC(C(=O)NCCCn2ccnc2)(N(CCc2c[nH]c3ccccc23)C(=O)c2ccccc2)CC1. The number of aromatic nitrogens is 3. The number of carbonyl (C=O) groups is 2. The van der Waals surface area contributed by atoms with Crippen molar-refractivity contribution < 1.29 is 9.59 Å². The van der Waals surface area contributed by atoms with Gasteiger partial charge in [0.1, 0.15) is 5.54 Å². The number of hydrogen-bond donors (Lipinski definition) is 2. The van der Waals surface area contributed by atoms with Gasteiger partial charge in [0.15, 0.2) is 0 Å². The van der Waals surface area contributed by atoms with E-state index in [-0.39, 0.29) is 11.8 Å². The topological polar surface area (TPSA) is 86.3 Å². The molecule has 38 heavy (non-hydrogen) atoms. The van der Waals surface area contributed by atoms with Crippen LogP contribution >= 0.6 is 0 Å². The normalized spacial score (nSPS) is 15.4. The quantitative estimate of drug-likeness (QED) is 0.317. The molecule has 0 aliphatic carbocycles. The molecule has 2 aromatic heterocycles. The summed E-state index contributed by atoms with van der Waals surface area (Å²) in [7, 11) is 2.07. The Balaban J connectivity index is 1.40. The molecular formula is C30H36N6O2. The number of hydrogen-bond acceptors (Lipinski definition) is 4. The molecule has 0 radical (unpaired) electrons. The second kappa shape index (κ2) is 11.6. The van der Waals surface area contributed by atoms with E-state index in [0.717, 1.165) is 42.5 Å². The lowest BCUT2D eigenvalue weighted by molar-refractivity contribution is -0.135. The summed E-state index contributed by atoms with van der Waals surface area (Å²) in [5, 5.41) is 4.34. The highest BCUT2D eigenvalue weighted by Crippen LogP contribution is 2.32. The zero-order chi connectivity index (χ0) is 26.4. The predicted octanol–water partition coefficient (Wildman–Crippen LogP) is 3.72. The number of nitrogens with zero attached hydrogens (tertiary/aromatic N) is 4. The van der Waals surface area contributed by atoms with Crippen LogP contribution in [0.25, 0.3) is 10.9 Å². The molecule has 4 aromatic rings. The number of piperidine rings is 1. The zero-order valence-electron chi connectivity index (χ0n) is 22.0. The Morgan fingerprint density at radius 1 is 1.08 bits per heavy atom. The molecule has 1 aliphatic rings. The Hall–Kier alpha value is -3.91. The fourth-order valence-electron chi connectivity index (χ4n) is 5.47. The highest BCUT2D eigenvalue weighted by Gasteiger charge is 2.47. The number of imidazole rings is 1. The van der Waals surface area contributed by atoms with Gasteiger partial charge in [0.05, 0.1) is 6.33 Å². The number of nitrogens with one attached hydrogen (secondary N) is 2. The van der Waals surface area contributed by atoms with Gasteiger partial charge in [-0.1, -0.05) is 36.4 Å². The Kier molecular flexibility index (Phi) is 7.89. The van der Waals surface area contributed by atoms with E-state index < -0.39 is 5.54 Å². The third kappa shape index (κ3) is 5.50. The molecular weight excluding hydrogens is 476 g/mol. The van der Waals surface area contributed by atoms with E-state index in [1.165, 1.54) is 0 Å². The molecule has 8 nitrogen and oxygen atoms in total. The van der Waals surface area contributed by atoms with E-state index in [0.29, 0.717) is 37.9 Å². The summed E-state index contributed by atoms with van der Waals surface area (Å²) in [6, 6.07) is 17.5. The van der Waals surface area contributed by atoms with Gasteiger partial charge in [-0.05, 0) is 56.5 Å². The van der Waals surface area contributed by atoms with Crippen molar-refractivity contribution in [3.05, 3.63) is 90.6 Å². The lowest BCUT2D eigenvalue weighted by Gasteiger charge is -2.47. The highest BCUT2D eigenvalue weighted by atomic mass is 16.2. The number of amides is 2. The van der Waals surface area contributed by atoms with Crippen molar-refractivity contribution in [1.29, 1.82) is 0 Å². The van der Waals surface area contributed by atoms with Crippen molar-refractivity contribution in [2.24, 2.45) is 0 Å². The molecule has 1 fully saturated rings. The van der Waals surface area contributed by atoms with Crippen molar-refractivity contribution in [2.45, 2.75) is 37.8 Å². The molecule has 0 spiro atoms. The Bertz CT molecular complexity index is 1340. The molecule has 2 amide bonds. The molecule has 5 rings (SSSR count). The van der Waals surface area contributed by atoms with Crippen molar-refractivity contribution >= 4 is 22.7 Å². The molecule has 1 aliphatic heterocycles. The lowest BCUT2D eigenvalue weighted by Crippen LogP contribution is -2.65. The molecule has 1 saturated heterocycles. The minimum Gasteiger partial charge on any atom is -0.361 e. The van der Waals surface area contributed by atoms with Crippen molar-refractivity contribution in [2.75, 3.05) is 33.2 Å². The highest BCUT2D eigenvalue weighted by molar-refractivity contribution is 5.99. The average Bonchev–Trinajstić information content (AvgIpc) is 3.63. The van der Waals surface area contributed by atoms with Gasteiger partial charge in [-0.3, -0.25) is 9.59 Å². The summed E-state index contributed by atoms with van der Waals surface area (Å²) in [4.78, 5) is 39.6. The van der Waals surface area contributed by atoms with Gasteiger partial charge < -0.3 is 24.7 Å². The Morgan fingerprint density at radius 3 is 2.61 bits per heavy atom. The van der Waals surface area contributed by atoms with E-state index in [1.54, 1.807) is 12.5 Å². The van der Waals surface area contributed by atoms with Crippen LogP contribution in [0.2, 0.25) is 0 Å². The number of carbonyl (C=O) groups excluding carboxylic acids is 2. The number of H-pyrrole nitrogens is 1. The zero-order valence-corrected chi connectivity index (χ0v) is 22.0. The van der Waals surface area contributed by atoms with E-state index in [9.17, 15) is 9.59 Å². The molecule has 198 valence electrons. The summed E-state index contributed by atoms with van der Waals surface area (Å²) in [5.74, 6) is -0.150. The van der Waals surface area contributed by atoms with Gasteiger partial charge in [0.2, 0.25) is 5.91 Å². The fourth-order valence-corrected chi connectivity index (χ4v) is 5.47. The maximum Gasteiger partial charge on any atom is 0.254 e. The minimum absolute atomic E-state index is 0.0561. The summed E-state index contributed by atoms with van der Waals surface area (Å²) >= 11 is 0. The molecule has 8 heteroatoms. The molecule has 2 aromatic carbocycles. The van der Waals surface area contributed by atoms with Crippen LogP contribution in [-0.2, 0) is 17.8 Å². The van der Waals surface area contributed by atoms with Gasteiger partial charge in [0.25, 0.3) is 5.91 Å². The van der Waals surface area contributed by atoms with Crippen molar-refractivity contribution in [3.63, 3.8) is 0 Å². The maximum atomic E-state index is 14.1. The monoisotopic (exact) mass is 512 g/mol. The molecule has 0 saturated carbocycles. The maximum absolute atomic E-state index is 14.1. The van der Waals surface area contributed by atoms with E-state index in [2.05, 4.69) is 39.4 Å². The fraction of sp³-hybridized carbons (Fsp3) is 0.367. The van der Waals surface area contributed by atoms with Gasteiger partial charge in [0, 0.05) is 67.8 Å². The largest absolute Gasteiger partial charge is 0.361 e. The van der Waals surface area contributed by atoms with E-state index in [4.69, 9.17) is 0 Å². The first kappa shape index (κ1) is 25.7. The van der Waals surface area contributed by atoms with Crippen LogP contribution in [0.3, 0.4) is 0 Å². The number of likely N-dealkylation sites (tertiary alicyclic amines) is 1. The second-order valence-electron chi connectivity index (χ2n) is 10.2. The van der Waals surface area contributed by atoms with E-state index in [1.807, 2.05) is 64.3 Å². The third-order valence-corrected chi connectivity index (χ3v) is 7.74. The van der Waals surface area contributed by atoms with Crippen molar-refractivity contribution in [3.8, 4) is 0 Å². The summed E-state index contributed by atoms with van der Waals surface area (Å²) in [6.07, 6.45) is 10.1. The number of rotatable bonds is 10. The molecule has 0 bridgehead atoms. The molecule has 3 heterocycles. The van der Waals surface area contributed by atoms with Crippen LogP contribution in [0.15, 0.2) is 79.5 Å². The first-order chi connectivity index (χ1) is 18.6. The summed E-state index contributed by atoms with van der Waals surface area (Å²) in [5.41, 5.74) is 1.93. The van der Waals surface area contributed by atoms with Crippen LogP contribution in [0, 0.1) is 0 Å². The van der Waals surface area contributed by atoms with Crippen LogP contribution < -0.4 is 5.32 Å². The second-order valence-corrected chi connectivity index (χ2v) is 10.2. The molecule has 0 atom stereocenters. The number of benzene rings is 2. The van der Waals surface area contributed by atoms with Gasteiger partial charge in [-0.25, -0.2) is 4.98 Å². The third-order valence-electron chi connectivity index (χ3n) is 7.74. The lowest BCUT2D eigenvalue weighted by atomic mass is 9.83. The van der Waals surface area contributed by atoms with Gasteiger partial charge in [-0.2, -0.15) is 0 Å². The summed E-state index contributed by atoms with van der Waals surface area (Å²) in [6.45, 7) is 3.30. The van der Waals surface area contributed by atoms with Crippen molar-refractivity contribution in [1.82, 2.24) is 29.7 Å². The minimum atomic E-state index is -0.902. The standard InChI is InChI=1S/C30H36N6O2/c1-34-19-13-30(14-20-34,29(38)32-15-7-17-35-21-16-31-23-35)36(28(37)24-8-3-2-4-9-24)18-12-25-22-33-27-11-6-5-10-26(25)27/h2-6,8-11,16,21-23,33H,7,12-15,17-20H2,1H3,(H,32,38). The molecule has 0 unspecified atom stereocenters. The van der Waals surface area contributed by atoms with Gasteiger partial charge in [-0.15, -0.1) is 0 Å². The van der Waals surface area contributed by atoms with Crippen LogP contribution in [0.5, 0.6) is 0 Å². The number of fused-ring (bicyclic) bond motifs is 1. The number of para-hydroxylation sites is 1. The number of aromatic amines is 1. The van der Waals surface area contributed by atoms with Crippen LogP contribution in [0.1, 0.15) is 35.2 Å². The van der Waals surface area contributed by atoms with Gasteiger partial charge >= 0.3 is 0 Å². The predicted molar refractivity (Wildman–Crippen MR) is 149 cm³/mol. The average molecular weight is 513 g/mol. The number of aryl methyl sites for hydroxylation is 1. The van der Waals surface area contributed by atoms with Crippen LogP contribution in [-0.4, -0.2) is 74.9 Å². The molecule has 2 N–H and O–H groups in total. The first-order valence-corrected chi connectivity index (χ1v) is 13.4. The van der Waals surface area contributed by atoms with E-state index >= 15 is 0 Å². The first-order valence-electron chi connectivity index (χ1n) is 13.4. The smallest absolute Gasteiger partial charge is 0.254 e. The Labute approximate surface area is 223 Å². The summed E-state index contributed by atoms with van der Waals surface area (Å²) < 4.78 is 2.00. The van der Waals surface area contributed by atoms with Crippen LogP contribution in [0.4, 0.5) is 0 Å².